The second kappa shape index (κ2) is 8.45. The average Bonchev–Trinajstić information content (AvgIpc) is 2.77. The second-order valence-corrected chi connectivity index (χ2v) is 7.31. The molecule has 0 unspecified atom stereocenters. The lowest BCUT2D eigenvalue weighted by Gasteiger charge is -2.34. The van der Waals surface area contributed by atoms with Gasteiger partial charge in [0.15, 0.2) is 0 Å². The van der Waals surface area contributed by atoms with Gasteiger partial charge in [0.25, 0.3) is 0 Å². The highest BCUT2D eigenvalue weighted by Gasteiger charge is 2.31. The highest BCUT2D eigenvalue weighted by molar-refractivity contribution is 6.34. The lowest BCUT2D eigenvalue weighted by Crippen LogP contribution is -2.46. The fourth-order valence-corrected chi connectivity index (χ4v) is 3.45. The minimum atomic E-state index is -0.319. The zero-order valence-electron chi connectivity index (χ0n) is 16.6. The third kappa shape index (κ3) is 4.34. The number of rotatable bonds is 4. The highest BCUT2D eigenvalue weighted by Crippen LogP contribution is 2.35. The Hall–Kier alpha value is -3.91. The van der Waals surface area contributed by atoms with Crippen molar-refractivity contribution in [2.75, 3.05) is 27.9 Å². The van der Waals surface area contributed by atoms with Crippen LogP contribution in [0.4, 0.5) is 27.9 Å². The molecule has 2 aromatic carbocycles. The van der Waals surface area contributed by atoms with Crippen molar-refractivity contribution in [3.05, 3.63) is 77.0 Å². The van der Waals surface area contributed by atoms with E-state index in [9.17, 15) is 9.59 Å². The van der Waals surface area contributed by atoms with Gasteiger partial charge in [0, 0.05) is 30.6 Å². The minimum Gasteiger partial charge on any atom is -0.368 e. The van der Waals surface area contributed by atoms with Gasteiger partial charge in [0.05, 0.1) is 17.3 Å². The van der Waals surface area contributed by atoms with Gasteiger partial charge in [-0.05, 0) is 29.8 Å². The summed E-state index contributed by atoms with van der Waals surface area (Å²) in [5, 5.41) is 3.17. The Morgan fingerprint density at radius 1 is 1.23 bits per heavy atom. The maximum Gasteiger partial charge on any atom is 0.330 e. The quantitative estimate of drug-likeness (QED) is 0.605. The van der Waals surface area contributed by atoms with Crippen LogP contribution in [0.25, 0.3) is 6.08 Å². The number of carbonyl (C=O) groups is 2. The van der Waals surface area contributed by atoms with Gasteiger partial charge in [-0.1, -0.05) is 41.9 Å². The molecule has 2 heterocycles. The largest absolute Gasteiger partial charge is 0.368 e. The number of nitrogens with two attached hydrogens (primary N) is 1. The van der Waals surface area contributed by atoms with Crippen molar-refractivity contribution in [2.24, 2.45) is 0 Å². The molecule has 3 amide bonds. The van der Waals surface area contributed by atoms with Crippen LogP contribution in [0.5, 0.6) is 0 Å². The van der Waals surface area contributed by atoms with Crippen molar-refractivity contribution in [1.29, 1.82) is 0 Å². The molecule has 0 fully saturated rings. The third-order valence-corrected chi connectivity index (χ3v) is 5.08. The van der Waals surface area contributed by atoms with Crippen molar-refractivity contribution in [1.82, 2.24) is 9.97 Å². The van der Waals surface area contributed by atoms with Gasteiger partial charge in [-0.25, -0.2) is 9.78 Å². The molecule has 1 aromatic heterocycles. The molecule has 1 aliphatic rings. The van der Waals surface area contributed by atoms with Crippen molar-refractivity contribution >= 4 is 52.8 Å². The molecule has 0 bridgehead atoms. The van der Waals surface area contributed by atoms with Crippen LogP contribution < -0.4 is 20.9 Å². The van der Waals surface area contributed by atoms with Crippen molar-refractivity contribution in [3.63, 3.8) is 0 Å². The van der Waals surface area contributed by atoms with E-state index >= 15 is 0 Å². The first-order valence-corrected chi connectivity index (χ1v) is 9.80. The summed E-state index contributed by atoms with van der Waals surface area (Å²) in [6.45, 7) is 0.226. The predicted octanol–water partition coefficient (Wildman–Crippen LogP) is 3.94. The van der Waals surface area contributed by atoms with Crippen molar-refractivity contribution in [3.8, 4) is 0 Å². The summed E-state index contributed by atoms with van der Waals surface area (Å²) in [7, 11) is 1.60. The van der Waals surface area contributed by atoms with Crippen molar-refractivity contribution in [2.45, 2.75) is 6.54 Å². The molecule has 3 aromatic rings. The molecular weight excluding hydrogens is 416 g/mol. The van der Waals surface area contributed by atoms with Gasteiger partial charge >= 0.3 is 6.03 Å². The van der Waals surface area contributed by atoms with Crippen LogP contribution >= 0.6 is 11.6 Å². The molecular formula is C22H19ClN6O2. The number of hydrogen-bond donors (Lipinski definition) is 2. The maximum atomic E-state index is 12.9. The van der Waals surface area contributed by atoms with Crippen LogP contribution in [-0.4, -0.2) is 29.0 Å². The number of hydrogen-bond acceptors (Lipinski definition) is 5. The number of anilines is 4. The Kier molecular flexibility index (Phi) is 5.55. The van der Waals surface area contributed by atoms with Crippen LogP contribution in [0.1, 0.15) is 11.1 Å². The topological polar surface area (TPSA) is 104 Å². The second-order valence-electron chi connectivity index (χ2n) is 6.90. The Bertz CT molecular complexity index is 1180. The summed E-state index contributed by atoms with van der Waals surface area (Å²) in [4.78, 5) is 36.3. The molecule has 0 atom stereocenters. The number of aromatic nitrogens is 2. The van der Waals surface area contributed by atoms with E-state index in [1.54, 1.807) is 37.5 Å². The van der Waals surface area contributed by atoms with Crippen LogP contribution in [0.15, 0.2) is 60.8 Å². The third-order valence-electron chi connectivity index (χ3n) is 4.76. The number of carbonyl (C=O) groups excluding carboxylic acids is 2. The van der Waals surface area contributed by atoms with Gasteiger partial charge in [-0.15, -0.1) is 0 Å². The molecule has 1 aliphatic heterocycles. The van der Waals surface area contributed by atoms with Crippen molar-refractivity contribution < 1.29 is 9.59 Å². The highest BCUT2D eigenvalue weighted by atomic mass is 35.5. The summed E-state index contributed by atoms with van der Waals surface area (Å²) >= 11 is 6.38. The number of urea groups is 1. The SMILES string of the molecule is CN1C(=O)N(c2cc(NC(=O)/C=C/c3ccccc3)ccc2Cl)Cc2cnc(N)nc21. The zero-order chi connectivity index (χ0) is 22.0. The van der Waals surface area contributed by atoms with Crippen LogP contribution in [-0.2, 0) is 11.3 Å². The molecule has 0 spiro atoms. The minimum absolute atomic E-state index is 0.0955. The molecule has 0 aliphatic carbocycles. The summed E-state index contributed by atoms with van der Waals surface area (Å²) in [6, 6.07) is 14.2. The van der Waals surface area contributed by atoms with E-state index in [1.165, 1.54) is 15.9 Å². The van der Waals surface area contributed by atoms with Gasteiger partial charge in [0.2, 0.25) is 11.9 Å². The first-order chi connectivity index (χ1) is 14.9. The molecule has 156 valence electrons. The molecule has 4 rings (SSSR count). The number of fused-ring (bicyclic) bond motifs is 1. The molecule has 8 nitrogen and oxygen atoms in total. The smallest absolute Gasteiger partial charge is 0.330 e. The number of halogens is 1. The normalized spacial score (nSPS) is 13.4. The van der Waals surface area contributed by atoms with E-state index in [4.69, 9.17) is 17.3 Å². The first kappa shape index (κ1) is 20.4. The van der Waals surface area contributed by atoms with E-state index in [2.05, 4.69) is 15.3 Å². The maximum absolute atomic E-state index is 12.9. The number of benzene rings is 2. The van der Waals surface area contributed by atoms with Gasteiger partial charge < -0.3 is 11.1 Å². The molecule has 0 saturated carbocycles. The molecule has 3 N–H and O–H groups in total. The van der Waals surface area contributed by atoms with E-state index in [0.29, 0.717) is 22.2 Å². The van der Waals surface area contributed by atoms with Gasteiger partial charge in [0.1, 0.15) is 5.82 Å². The number of nitrogen functional groups attached to an aromatic ring is 1. The fraction of sp³-hybridized carbons (Fsp3) is 0.0909. The van der Waals surface area contributed by atoms with Crippen LogP contribution in [0.2, 0.25) is 5.02 Å². The van der Waals surface area contributed by atoms with Gasteiger partial charge in [-0.3, -0.25) is 14.6 Å². The molecule has 0 saturated heterocycles. The Balaban J connectivity index is 1.57. The number of nitrogens with zero attached hydrogens (tertiary/aromatic N) is 4. The Morgan fingerprint density at radius 3 is 2.77 bits per heavy atom. The summed E-state index contributed by atoms with van der Waals surface area (Å²) < 4.78 is 0. The summed E-state index contributed by atoms with van der Waals surface area (Å²) in [6.07, 6.45) is 4.75. The first-order valence-electron chi connectivity index (χ1n) is 9.42. The van der Waals surface area contributed by atoms with E-state index in [0.717, 1.165) is 11.1 Å². The lowest BCUT2D eigenvalue weighted by molar-refractivity contribution is -0.111. The predicted molar refractivity (Wildman–Crippen MR) is 122 cm³/mol. The Labute approximate surface area is 184 Å². The lowest BCUT2D eigenvalue weighted by atomic mass is 10.2. The van der Waals surface area contributed by atoms with Crippen LogP contribution in [0.3, 0.4) is 0 Å². The molecule has 0 radical (unpaired) electrons. The standard InChI is InChI=1S/C22H19ClN6O2/c1-28-20-15(12-25-21(24)27-20)13-29(22(28)31)18-11-16(8-9-17(18)23)26-19(30)10-7-14-5-3-2-4-6-14/h2-12H,13H2,1H3,(H,26,30)(H2,24,25,27)/b10-7+. The Morgan fingerprint density at radius 2 is 2.00 bits per heavy atom. The zero-order valence-corrected chi connectivity index (χ0v) is 17.4. The monoisotopic (exact) mass is 434 g/mol. The number of amides is 3. The van der Waals surface area contributed by atoms with E-state index in [-0.39, 0.29) is 24.4 Å². The molecule has 31 heavy (non-hydrogen) atoms. The molecule has 9 heteroatoms. The summed E-state index contributed by atoms with van der Waals surface area (Å²) in [5.41, 5.74) is 8.27. The van der Waals surface area contributed by atoms with Crippen LogP contribution in [0, 0.1) is 0 Å². The van der Waals surface area contributed by atoms with E-state index in [1.807, 2.05) is 30.3 Å². The fourth-order valence-electron chi connectivity index (χ4n) is 3.23. The number of nitrogens with one attached hydrogen (secondary N) is 1. The average molecular weight is 435 g/mol. The van der Waals surface area contributed by atoms with Gasteiger partial charge in [-0.2, -0.15) is 4.98 Å². The van der Waals surface area contributed by atoms with E-state index < -0.39 is 0 Å². The summed E-state index contributed by atoms with van der Waals surface area (Å²) in [5.74, 6) is 0.256.